The molecule has 8 heteroatoms. The highest BCUT2D eigenvalue weighted by Gasteiger charge is 2.29. The van der Waals surface area contributed by atoms with Crippen molar-refractivity contribution in [3.63, 3.8) is 0 Å². The lowest BCUT2D eigenvalue weighted by Gasteiger charge is -2.10. The fourth-order valence-electron chi connectivity index (χ4n) is 1.11. The molecule has 0 aliphatic carbocycles. The van der Waals surface area contributed by atoms with Crippen LogP contribution in [0, 0.1) is 0 Å². The summed E-state index contributed by atoms with van der Waals surface area (Å²) >= 11 is 5.71. The van der Waals surface area contributed by atoms with Crippen LogP contribution >= 0.6 is 19.8 Å². The summed E-state index contributed by atoms with van der Waals surface area (Å²) in [6.45, 7) is 5.01. The minimum atomic E-state index is -2.27. The van der Waals surface area contributed by atoms with Crippen molar-refractivity contribution in [1.29, 1.82) is 0 Å². The van der Waals surface area contributed by atoms with Gasteiger partial charge in [-0.25, -0.2) is 4.52 Å². The molecule has 0 saturated heterocycles. The van der Waals surface area contributed by atoms with Crippen molar-refractivity contribution in [2.24, 2.45) is 0 Å². The molecule has 0 aliphatic rings. The predicted molar refractivity (Wildman–Crippen MR) is 71.3 cm³/mol. The van der Waals surface area contributed by atoms with Gasteiger partial charge in [-0.15, -0.1) is 0 Å². The molecule has 0 fully saturated rings. The molecule has 1 N–H and O–H groups in total. The minimum absolute atomic E-state index is 0.229. The zero-order valence-corrected chi connectivity index (χ0v) is 12.4. The lowest BCUT2D eigenvalue weighted by atomic mass is 10.4. The zero-order chi connectivity index (χ0) is 14.4. The number of pyridine rings is 1. The smallest absolute Gasteiger partial charge is 0.462 e. The van der Waals surface area contributed by atoms with E-state index in [2.05, 4.69) is 10.1 Å². The van der Waals surface area contributed by atoms with Crippen molar-refractivity contribution in [1.82, 2.24) is 10.1 Å². The summed E-state index contributed by atoms with van der Waals surface area (Å²) in [4.78, 5) is 15.3. The highest BCUT2D eigenvalue weighted by Crippen LogP contribution is 2.25. The van der Waals surface area contributed by atoms with Gasteiger partial charge in [-0.2, -0.15) is 0 Å². The topological polar surface area (TPSA) is 77.5 Å². The van der Waals surface area contributed by atoms with Crippen molar-refractivity contribution < 1.29 is 18.6 Å². The maximum absolute atomic E-state index is 11.7. The van der Waals surface area contributed by atoms with Crippen LogP contribution in [0.5, 0.6) is 5.75 Å². The van der Waals surface area contributed by atoms with E-state index in [1.54, 1.807) is 13.8 Å². The van der Waals surface area contributed by atoms with Gasteiger partial charge in [-0.1, -0.05) is 16.7 Å². The third kappa shape index (κ3) is 5.96. The Hall–Kier alpha value is -1.23. The van der Waals surface area contributed by atoms with Crippen LogP contribution in [0.2, 0.25) is 5.02 Å². The maximum atomic E-state index is 11.7. The lowest BCUT2D eigenvalue weighted by molar-refractivity contribution is -0.148. The highest BCUT2D eigenvalue weighted by molar-refractivity contribution is 7.37. The van der Waals surface area contributed by atoms with E-state index >= 15 is 0 Å². The molecule has 1 unspecified atom stereocenters. The first-order valence-electron chi connectivity index (χ1n) is 5.61. The maximum Gasteiger partial charge on any atom is 0.664 e. The van der Waals surface area contributed by atoms with Gasteiger partial charge in [-0.05, 0) is 20.8 Å². The molecule has 0 bridgehead atoms. The largest absolute Gasteiger partial charge is 0.664 e. The summed E-state index contributed by atoms with van der Waals surface area (Å²) in [5.41, 5.74) is 0. The summed E-state index contributed by atoms with van der Waals surface area (Å²) < 4.78 is 21.7. The number of nitrogens with one attached hydrogen (secondary N) is 1. The molecular formula is C11H15ClN2O4P+. The quantitative estimate of drug-likeness (QED) is 0.643. The number of aromatic nitrogens is 1. The molecule has 0 spiro atoms. The molecule has 1 rings (SSSR count). The molecule has 104 valence electrons. The number of rotatable bonds is 6. The van der Waals surface area contributed by atoms with Gasteiger partial charge >= 0.3 is 14.1 Å². The minimum Gasteiger partial charge on any atom is -0.462 e. The average Bonchev–Trinajstić information content (AvgIpc) is 2.27. The predicted octanol–water partition coefficient (Wildman–Crippen LogP) is 2.70. The first-order valence-corrected chi connectivity index (χ1v) is 7.16. The summed E-state index contributed by atoms with van der Waals surface area (Å²) in [5, 5.41) is 2.86. The summed E-state index contributed by atoms with van der Waals surface area (Å²) in [6, 6.07) is 0.735. The number of hydrogen-bond donors (Lipinski definition) is 1. The molecule has 2 atom stereocenters. The average molecular weight is 306 g/mol. The normalized spacial score (nSPS) is 13.0. The molecule has 0 amide bonds. The van der Waals surface area contributed by atoms with Gasteiger partial charge < -0.3 is 4.74 Å². The van der Waals surface area contributed by atoms with Gasteiger partial charge in [0.05, 0.1) is 17.3 Å². The number of ether oxygens (including phenoxy) is 1. The summed E-state index contributed by atoms with van der Waals surface area (Å²) in [7, 11) is -2.27. The SMILES string of the molecule is CC(C)OC(=O)[C@H](C)N[P+](=O)Oc1cncc(Cl)c1. The number of carbonyl (C=O) groups excluding carboxylic acids is 1. The first kappa shape index (κ1) is 15.8. The van der Waals surface area contributed by atoms with E-state index in [4.69, 9.17) is 20.9 Å². The second-order valence-corrected chi connectivity index (χ2v) is 5.42. The number of carbonyl (C=O) groups is 1. The Kier molecular flexibility index (Phi) is 6.15. The van der Waals surface area contributed by atoms with Crippen molar-refractivity contribution in [2.45, 2.75) is 32.9 Å². The monoisotopic (exact) mass is 305 g/mol. The zero-order valence-electron chi connectivity index (χ0n) is 10.8. The van der Waals surface area contributed by atoms with Crippen LogP contribution in [-0.2, 0) is 14.1 Å². The first-order chi connectivity index (χ1) is 8.88. The fourth-order valence-corrected chi connectivity index (χ4v) is 2.04. The Labute approximate surface area is 117 Å². The van der Waals surface area contributed by atoms with Crippen molar-refractivity contribution in [3.8, 4) is 5.75 Å². The molecule has 0 radical (unpaired) electrons. The van der Waals surface area contributed by atoms with E-state index in [0.29, 0.717) is 5.02 Å². The van der Waals surface area contributed by atoms with Gasteiger partial charge in [-0.3, -0.25) is 9.78 Å². The molecule has 19 heavy (non-hydrogen) atoms. The van der Waals surface area contributed by atoms with Crippen LogP contribution < -0.4 is 9.61 Å². The van der Waals surface area contributed by atoms with Crippen LogP contribution in [0.4, 0.5) is 0 Å². The Bertz CT molecular complexity index is 470. The van der Waals surface area contributed by atoms with E-state index in [1.807, 2.05) is 0 Å². The van der Waals surface area contributed by atoms with Crippen molar-refractivity contribution >= 4 is 25.7 Å². The van der Waals surface area contributed by atoms with E-state index in [0.717, 1.165) is 0 Å². The molecule has 0 aromatic carbocycles. The summed E-state index contributed by atoms with van der Waals surface area (Å²) in [6.07, 6.45) is 2.57. The van der Waals surface area contributed by atoms with Crippen molar-refractivity contribution in [3.05, 3.63) is 23.5 Å². The van der Waals surface area contributed by atoms with Gasteiger partial charge in [0.2, 0.25) is 5.75 Å². The fraction of sp³-hybridized carbons (Fsp3) is 0.455. The molecule has 1 aromatic heterocycles. The second-order valence-electron chi connectivity index (χ2n) is 4.02. The van der Waals surface area contributed by atoms with E-state index in [9.17, 15) is 9.36 Å². The number of nitrogens with zero attached hydrogens (tertiary/aromatic N) is 1. The van der Waals surface area contributed by atoms with Gasteiger partial charge in [0.1, 0.15) is 6.04 Å². The van der Waals surface area contributed by atoms with E-state index in [1.165, 1.54) is 25.4 Å². The molecule has 1 heterocycles. The highest BCUT2D eigenvalue weighted by atomic mass is 35.5. The van der Waals surface area contributed by atoms with Gasteiger partial charge in [0, 0.05) is 16.8 Å². The van der Waals surface area contributed by atoms with Crippen LogP contribution in [0.1, 0.15) is 20.8 Å². The van der Waals surface area contributed by atoms with Crippen LogP contribution in [0.15, 0.2) is 18.5 Å². The molecule has 1 aromatic rings. The molecule has 6 nitrogen and oxygen atoms in total. The van der Waals surface area contributed by atoms with Gasteiger partial charge in [0.15, 0.2) is 0 Å². The number of esters is 1. The van der Waals surface area contributed by atoms with Crippen molar-refractivity contribution in [2.75, 3.05) is 0 Å². The second kappa shape index (κ2) is 7.38. The Morgan fingerprint density at radius 2 is 2.11 bits per heavy atom. The third-order valence-electron chi connectivity index (χ3n) is 1.87. The standard InChI is InChI=1S/C11H15ClN2O4P/c1-7(2)17-11(15)8(3)14-19(16)18-10-4-9(12)5-13-6-10/h4-8H,1-3H3,(H,14,16)/q+1/t8-/m0/s1. The van der Waals surface area contributed by atoms with Crippen LogP contribution in [0.25, 0.3) is 0 Å². The molecule has 0 aliphatic heterocycles. The van der Waals surface area contributed by atoms with Gasteiger partial charge in [0.25, 0.3) is 0 Å². The third-order valence-corrected chi connectivity index (χ3v) is 3.05. The van der Waals surface area contributed by atoms with E-state index < -0.39 is 20.2 Å². The summed E-state index contributed by atoms with van der Waals surface area (Å²) in [5.74, 6) is -0.239. The van der Waals surface area contributed by atoms with Crippen LogP contribution in [-0.4, -0.2) is 23.1 Å². The van der Waals surface area contributed by atoms with Crippen LogP contribution in [0.3, 0.4) is 0 Å². The number of hydrogen-bond acceptors (Lipinski definition) is 5. The lowest BCUT2D eigenvalue weighted by Crippen LogP contribution is -2.33. The molecule has 0 saturated carbocycles. The van der Waals surface area contributed by atoms with E-state index in [-0.39, 0.29) is 11.9 Å². The molecular weight excluding hydrogens is 291 g/mol. The Morgan fingerprint density at radius 1 is 1.42 bits per heavy atom. The number of halogens is 1. The Morgan fingerprint density at radius 3 is 2.68 bits per heavy atom. The Balaban J connectivity index is 2.49.